The highest BCUT2D eigenvalue weighted by Gasteiger charge is 2.10. The minimum atomic E-state index is -0.135. The van der Waals surface area contributed by atoms with Crippen molar-refractivity contribution in [1.29, 1.82) is 0 Å². The van der Waals surface area contributed by atoms with E-state index in [4.69, 9.17) is 13.9 Å². The Balaban J connectivity index is 1.60. The highest BCUT2D eigenvalue weighted by atomic mass is 16.5. The van der Waals surface area contributed by atoms with E-state index >= 15 is 0 Å². The smallest absolute Gasteiger partial charge is 0.197 e. The van der Waals surface area contributed by atoms with E-state index in [9.17, 15) is 4.79 Å². The number of fused-ring (bicyclic) bond motifs is 1. The van der Waals surface area contributed by atoms with E-state index in [0.29, 0.717) is 29.1 Å². The molecule has 0 aliphatic rings. The summed E-state index contributed by atoms with van der Waals surface area (Å²) in [7, 11) is 1.63. The zero-order valence-corrected chi connectivity index (χ0v) is 16.0. The van der Waals surface area contributed by atoms with Gasteiger partial charge in [0.05, 0.1) is 7.11 Å². The summed E-state index contributed by atoms with van der Waals surface area (Å²) in [5.74, 6) is 1.80. The van der Waals surface area contributed by atoms with E-state index in [2.05, 4.69) is 0 Å². The average Bonchev–Trinajstić information content (AvgIpc) is 2.77. The lowest BCUT2D eigenvalue weighted by Crippen LogP contribution is -2.04. The Hall–Kier alpha value is -3.79. The maximum absolute atomic E-state index is 12.7. The van der Waals surface area contributed by atoms with Crippen molar-refractivity contribution in [2.24, 2.45) is 0 Å². The third kappa shape index (κ3) is 4.38. The molecule has 4 aromatic rings. The van der Waals surface area contributed by atoms with E-state index in [1.54, 1.807) is 25.3 Å². The van der Waals surface area contributed by atoms with E-state index < -0.39 is 0 Å². The average molecular weight is 384 g/mol. The molecule has 0 amide bonds. The number of hydrogen-bond acceptors (Lipinski definition) is 4. The fourth-order valence-electron chi connectivity index (χ4n) is 3.03. The Labute approximate surface area is 168 Å². The molecule has 0 aliphatic heterocycles. The Morgan fingerprint density at radius 1 is 0.897 bits per heavy atom. The summed E-state index contributed by atoms with van der Waals surface area (Å²) >= 11 is 0. The third-order valence-electron chi connectivity index (χ3n) is 4.53. The van der Waals surface area contributed by atoms with Crippen molar-refractivity contribution in [3.05, 3.63) is 106 Å². The van der Waals surface area contributed by atoms with Gasteiger partial charge in [-0.25, -0.2) is 0 Å². The summed E-state index contributed by atoms with van der Waals surface area (Å²) in [6.07, 6.45) is 3.67. The molecule has 144 valence electrons. The molecule has 3 aromatic carbocycles. The number of hydrogen-bond donors (Lipinski definition) is 0. The summed E-state index contributed by atoms with van der Waals surface area (Å²) in [6, 6.07) is 24.3. The Bertz CT molecular complexity index is 1190. The van der Waals surface area contributed by atoms with E-state index in [1.807, 2.05) is 66.7 Å². The molecule has 0 bridgehead atoms. The summed E-state index contributed by atoms with van der Waals surface area (Å²) < 4.78 is 17.0. The maximum Gasteiger partial charge on any atom is 0.197 e. The first kappa shape index (κ1) is 18.6. The lowest BCUT2D eigenvalue weighted by atomic mass is 10.1. The number of ether oxygens (including phenoxy) is 2. The fourth-order valence-corrected chi connectivity index (χ4v) is 3.03. The van der Waals surface area contributed by atoms with Crippen LogP contribution in [0.3, 0.4) is 0 Å². The van der Waals surface area contributed by atoms with Crippen LogP contribution in [0.5, 0.6) is 11.5 Å². The van der Waals surface area contributed by atoms with Crippen LogP contribution in [0, 0.1) is 0 Å². The monoisotopic (exact) mass is 384 g/mol. The second-order valence-corrected chi connectivity index (χ2v) is 6.52. The molecule has 0 atom stereocenters. The van der Waals surface area contributed by atoms with Gasteiger partial charge < -0.3 is 13.9 Å². The maximum atomic E-state index is 12.7. The molecular weight excluding hydrogens is 364 g/mol. The van der Waals surface area contributed by atoms with Crippen LogP contribution in [-0.2, 0) is 6.61 Å². The van der Waals surface area contributed by atoms with E-state index in [-0.39, 0.29) is 5.43 Å². The molecule has 0 saturated carbocycles. The van der Waals surface area contributed by atoms with Crippen LogP contribution in [0.2, 0.25) is 0 Å². The predicted molar refractivity (Wildman–Crippen MR) is 115 cm³/mol. The van der Waals surface area contributed by atoms with Crippen LogP contribution >= 0.6 is 0 Å². The standard InChI is InChI=1S/C25H20O4/c1-27-20-13-10-18(11-14-20)12-15-21-16-22(26)25-23(8-5-9-24(25)29-21)28-17-19-6-3-2-4-7-19/h2-16H,17H2,1H3/b15-12+. The second-order valence-electron chi connectivity index (χ2n) is 6.52. The van der Waals surface area contributed by atoms with Gasteiger partial charge in [0.15, 0.2) is 5.43 Å². The molecule has 0 N–H and O–H groups in total. The molecule has 4 nitrogen and oxygen atoms in total. The van der Waals surface area contributed by atoms with Crippen LogP contribution < -0.4 is 14.9 Å². The Morgan fingerprint density at radius 3 is 2.45 bits per heavy atom. The minimum Gasteiger partial charge on any atom is -0.497 e. The van der Waals surface area contributed by atoms with Gasteiger partial charge in [0.25, 0.3) is 0 Å². The van der Waals surface area contributed by atoms with Gasteiger partial charge in [-0.3, -0.25) is 4.79 Å². The SMILES string of the molecule is COc1ccc(/C=C/c2cc(=O)c3c(OCc4ccccc4)cccc3o2)cc1. The fraction of sp³-hybridized carbons (Fsp3) is 0.0800. The van der Waals surface area contributed by atoms with Crippen molar-refractivity contribution in [2.75, 3.05) is 7.11 Å². The third-order valence-corrected chi connectivity index (χ3v) is 4.53. The highest BCUT2D eigenvalue weighted by Crippen LogP contribution is 2.25. The molecular formula is C25H20O4. The molecule has 0 unspecified atom stereocenters. The summed E-state index contributed by atoms with van der Waals surface area (Å²) in [4.78, 5) is 12.7. The van der Waals surface area contributed by atoms with Crippen molar-refractivity contribution in [1.82, 2.24) is 0 Å². The minimum absolute atomic E-state index is 0.135. The quantitative estimate of drug-likeness (QED) is 0.437. The van der Waals surface area contributed by atoms with Gasteiger partial charge in [-0.05, 0) is 41.5 Å². The normalized spacial score (nSPS) is 11.1. The Morgan fingerprint density at radius 2 is 1.69 bits per heavy atom. The van der Waals surface area contributed by atoms with Gasteiger partial charge in [-0.2, -0.15) is 0 Å². The molecule has 1 aromatic heterocycles. The zero-order valence-electron chi connectivity index (χ0n) is 16.0. The summed E-state index contributed by atoms with van der Waals surface area (Å²) in [6.45, 7) is 0.387. The van der Waals surface area contributed by atoms with Crippen LogP contribution in [-0.4, -0.2) is 7.11 Å². The van der Waals surface area contributed by atoms with Crippen molar-refractivity contribution >= 4 is 23.1 Å². The zero-order chi connectivity index (χ0) is 20.1. The highest BCUT2D eigenvalue weighted by molar-refractivity contribution is 5.84. The largest absolute Gasteiger partial charge is 0.497 e. The van der Waals surface area contributed by atoms with Crippen molar-refractivity contribution in [2.45, 2.75) is 6.61 Å². The van der Waals surface area contributed by atoms with Gasteiger partial charge in [-0.15, -0.1) is 0 Å². The van der Waals surface area contributed by atoms with Gasteiger partial charge in [0, 0.05) is 6.07 Å². The van der Waals surface area contributed by atoms with Gasteiger partial charge in [0.1, 0.15) is 34.8 Å². The van der Waals surface area contributed by atoms with Crippen molar-refractivity contribution in [3.8, 4) is 11.5 Å². The van der Waals surface area contributed by atoms with Gasteiger partial charge >= 0.3 is 0 Å². The molecule has 4 heteroatoms. The molecule has 0 saturated heterocycles. The number of benzene rings is 3. The van der Waals surface area contributed by atoms with Crippen molar-refractivity contribution in [3.63, 3.8) is 0 Å². The van der Waals surface area contributed by atoms with Crippen LogP contribution in [0.25, 0.3) is 23.1 Å². The first-order valence-electron chi connectivity index (χ1n) is 9.29. The lowest BCUT2D eigenvalue weighted by molar-refractivity contribution is 0.309. The van der Waals surface area contributed by atoms with Crippen LogP contribution in [0.4, 0.5) is 0 Å². The van der Waals surface area contributed by atoms with E-state index in [0.717, 1.165) is 16.9 Å². The number of methoxy groups -OCH3 is 1. The molecule has 29 heavy (non-hydrogen) atoms. The van der Waals surface area contributed by atoms with E-state index in [1.165, 1.54) is 6.07 Å². The molecule has 0 fully saturated rings. The number of rotatable bonds is 6. The lowest BCUT2D eigenvalue weighted by Gasteiger charge is -2.09. The molecule has 0 radical (unpaired) electrons. The predicted octanol–water partition coefficient (Wildman–Crippen LogP) is 5.55. The van der Waals surface area contributed by atoms with Gasteiger partial charge in [-0.1, -0.05) is 54.6 Å². The molecule has 1 heterocycles. The molecule has 0 aliphatic carbocycles. The molecule has 4 rings (SSSR count). The van der Waals surface area contributed by atoms with Crippen LogP contribution in [0.1, 0.15) is 16.9 Å². The van der Waals surface area contributed by atoms with Gasteiger partial charge in [0.2, 0.25) is 0 Å². The van der Waals surface area contributed by atoms with Crippen LogP contribution in [0.15, 0.2) is 88.1 Å². The second kappa shape index (κ2) is 8.48. The Kier molecular flexibility index (Phi) is 5.43. The first-order chi connectivity index (χ1) is 14.2. The molecule has 0 spiro atoms. The summed E-state index contributed by atoms with van der Waals surface area (Å²) in [5, 5.41) is 0.449. The topological polar surface area (TPSA) is 48.7 Å². The van der Waals surface area contributed by atoms with Crippen molar-refractivity contribution < 1.29 is 13.9 Å². The summed E-state index contributed by atoms with van der Waals surface area (Å²) in [5.41, 5.74) is 2.38. The first-order valence-corrected chi connectivity index (χ1v) is 9.29.